The van der Waals surface area contributed by atoms with Crippen molar-refractivity contribution in [2.45, 2.75) is 33.7 Å². The molecule has 0 aliphatic heterocycles. The molecule has 1 unspecified atom stereocenters. The van der Waals surface area contributed by atoms with Gasteiger partial charge in [-0.3, -0.25) is 9.59 Å². The van der Waals surface area contributed by atoms with Gasteiger partial charge in [-0.25, -0.2) is 0 Å². The molecule has 0 saturated carbocycles. The first-order chi connectivity index (χ1) is 13.2. The van der Waals surface area contributed by atoms with Crippen LogP contribution in [-0.4, -0.2) is 38.6 Å². The van der Waals surface area contributed by atoms with E-state index in [0.717, 1.165) is 27.5 Å². The first-order valence-corrected chi connectivity index (χ1v) is 9.36. The van der Waals surface area contributed by atoms with Crippen LogP contribution in [0.2, 0.25) is 0 Å². The molecule has 0 aliphatic rings. The van der Waals surface area contributed by atoms with E-state index in [9.17, 15) is 9.59 Å². The summed E-state index contributed by atoms with van der Waals surface area (Å²) < 4.78 is 5.11. The smallest absolute Gasteiger partial charge is 0.282 e. The molecule has 0 aromatic heterocycles. The third-order valence-electron chi connectivity index (χ3n) is 4.87. The summed E-state index contributed by atoms with van der Waals surface area (Å²) in [5.74, 6) is 0.475. The number of quaternary nitrogens is 1. The highest BCUT2D eigenvalue weighted by molar-refractivity contribution is 5.95. The Labute approximate surface area is 166 Å². The van der Waals surface area contributed by atoms with E-state index in [4.69, 9.17) is 4.74 Å². The Kier molecular flexibility index (Phi) is 7.18. The van der Waals surface area contributed by atoms with Gasteiger partial charge in [0.05, 0.1) is 14.2 Å². The van der Waals surface area contributed by atoms with Crippen LogP contribution in [0, 0.1) is 20.8 Å². The molecular formula is C22H30N3O3+. The lowest BCUT2D eigenvalue weighted by atomic mass is 10.0. The zero-order valence-corrected chi connectivity index (χ0v) is 17.5. The minimum absolute atomic E-state index is 0.107. The molecule has 6 nitrogen and oxygen atoms in total. The number of hydrogen-bond donors (Lipinski definition) is 3. The Morgan fingerprint density at radius 3 is 2.14 bits per heavy atom. The van der Waals surface area contributed by atoms with Gasteiger partial charge in [0, 0.05) is 11.4 Å². The topological polar surface area (TPSA) is 71.9 Å². The predicted molar refractivity (Wildman–Crippen MR) is 112 cm³/mol. The van der Waals surface area contributed by atoms with Gasteiger partial charge >= 0.3 is 0 Å². The number of aryl methyl sites for hydroxylation is 3. The largest absolute Gasteiger partial charge is 0.497 e. The van der Waals surface area contributed by atoms with Crippen LogP contribution in [0.15, 0.2) is 36.4 Å². The molecule has 0 fully saturated rings. The normalized spacial score (nSPS) is 12.8. The zero-order valence-electron chi connectivity index (χ0n) is 17.5. The lowest BCUT2D eigenvalue weighted by Crippen LogP contribution is -3.14. The predicted octanol–water partition coefficient (Wildman–Crippen LogP) is 2.10. The molecule has 2 aromatic rings. The number of carbonyl (C=O) groups excluding carboxylic acids is 2. The van der Waals surface area contributed by atoms with Crippen molar-refractivity contribution < 1.29 is 19.2 Å². The van der Waals surface area contributed by atoms with E-state index >= 15 is 0 Å². The highest BCUT2D eigenvalue weighted by Gasteiger charge is 2.25. The zero-order chi connectivity index (χ0) is 20.8. The SMILES string of the molecule is COc1ccc(NC(=O)C[NH+](C)[C@H](C)C(=O)Nc2c(C)cc(C)cc2C)cc1. The first-order valence-electron chi connectivity index (χ1n) is 9.36. The van der Waals surface area contributed by atoms with Gasteiger partial charge in [-0.2, -0.15) is 0 Å². The second-order valence-electron chi connectivity index (χ2n) is 7.28. The molecule has 2 aromatic carbocycles. The average Bonchev–Trinajstić information content (AvgIpc) is 2.64. The van der Waals surface area contributed by atoms with Crippen LogP contribution in [0.25, 0.3) is 0 Å². The van der Waals surface area contributed by atoms with E-state index in [1.807, 2.05) is 46.9 Å². The fraction of sp³-hybridized carbons (Fsp3) is 0.364. The maximum absolute atomic E-state index is 12.7. The van der Waals surface area contributed by atoms with Crippen LogP contribution in [0.1, 0.15) is 23.6 Å². The van der Waals surface area contributed by atoms with Gasteiger partial charge < -0.3 is 20.3 Å². The summed E-state index contributed by atoms with van der Waals surface area (Å²) in [6.07, 6.45) is 0. The van der Waals surface area contributed by atoms with Gasteiger partial charge in [-0.05, 0) is 63.1 Å². The van der Waals surface area contributed by atoms with Crippen molar-refractivity contribution in [1.29, 1.82) is 0 Å². The molecule has 0 saturated heterocycles. The maximum atomic E-state index is 12.7. The van der Waals surface area contributed by atoms with Crippen LogP contribution in [0.4, 0.5) is 11.4 Å². The summed E-state index contributed by atoms with van der Waals surface area (Å²) in [7, 11) is 3.44. The minimum Gasteiger partial charge on any atom is -0.497 e. The summed E-state index contributed by atoms with van der Waals surface area (Å²) in [6.45, 7) is 8.02. The van der Waals surface area contributed by atoms with Crippen LogP contribution in [0.5, 0.6) is 5.75 Å². The van der Waals surface area contributed by atoms with Gasteiger partial charge in [0.2, 0.25) is 0 Å². The van der Waals surface area contributed by atoms with Gasteiger partial charge in [-0.15, -0.1) is 0 Å². The van der Waals surface area contributed by atoms with Gasteiger partial charge in [0.15, 0.2) is 12.6 Å². The Morgan fingerprint density at radius 2 is 1.61 bits per heavy atom. The van der Waals surface area contributed by atoms with E-state index in [0.29, 0.717) is 5.69 Å². The molecule has 0 heterocycles. The Morgan fingerprint density at radius 1 is 1.04 bits per heavy atom. The monoisotopic (exact) mass is 384 g/mol. The van der Waals surface area contributed by atoms with E-state index in [1.54, 1.807) is 31.4 Å². The second kappa shape index (κ2) is 9.37. The van der Waals surface area contributed by atoms with Crippen LogP contribution in [-0.2, 0) is 9.59 Å². The van der Waals surface area contributed by atoms with Crippen LogP contribution < -0.4 is 20.3 Å². The first kappa shape index (κ1) is 21.4. The lowest BCUT2D eigenvalue weighted by Gasteiger charge is -2.22. The lowest BCUT2D eigenvalue weighted by molar-refractivity contribution is -0.885. The van der Waals surface area contributed by atoms with Crippen molar-refractivity contribution in [3.8, 4) is 5.75 Å². The Bertz CT molecular complexity index is 824. The Balaban J connectivity index is 1.94. The summed E-state index contributed by atoms with van der Waals surface area (Å²) in [5, 5.41) is 5.86. The molecule has 2 amide bonds. The summed E-state index contributed by atoms with van der Waals surface area (Å²) in [5.41, 5.74) is 4.78. The molecular weight excluding hydrogens is 354 g/mol. The van der Waals surface area contributed by atoms with Crippen LogP contribution in [0.3, 0.4) is 0 Å². The molecule has 0 bridgehead atoms. The van der Waals surface area contributed by atoms with E-state index in [1.165, 1.54) is 5.56 Å². The number of rotatable bonds is 7. The summed E-state index contributed by atoms with van der Waals surface area (Å²) in [4.78, 5) is 25.8. The van der Waals surface area contributed by atoms with Crippen molar-refractivity contribution >= 4 is 23.2 Å². The molecule has 0 aliphatic carbocycles. The number of carbonyl (C=O) groups is 2. The molecule has 28 heavy (non-hydrogen) atoms. The van der Waals surface area contributed by atoms with Gasteiger partial charge in [-0.1, -0.05) is 17.7 Å². The fourth-order valence-corrected chi connectivity index (χ4v) is 3.12. The third kappa shape index (κ3) is 5.57. The number of nitrogens with one attached hydrogen (secondary N) is 3. The molecule has 3 N–H and O–H groups in total. The number of hydrogen-bond acceptors (Lipinski definition) is 3. The summed E-state index contributed by atoms with van der Waals surface area (Å²) >= 11 is 0. The number of ether oxygens (including phenoxy) is 1. The van der Waals surface area contributed by atoms with Gasteiger partial charge in [0.25, 0.3) is 11.8 Å². The molecule has 2 atom stereocenters. The number of amides is 2. The second-order valence-corrected chi connectivity index (χ2v) is 7.28. The third-order valence-corrected chi connectivity index (χ3v) is 4.87. The average molecular weight is 385 g/mol. The number of anilines is 2. The molecule has 2 rings (SSSR count). The van der Waals surface area contributed by atoms with Crippen molar-refractivity contribution in [3.05, 3.63) is 53.1 Å². The van der Waals surface area contributed by atoms with E-state index in [2.05, 4.69) is 10.6 Å². The molecule has 0 spiro atoms. The highest BCUT2D eigenvalue weighted by atomic mass is 16.5. The van der Waals surface area contributed by atoms with Gasteiger partial charge in [0.1, 0.15) is 5.75 Å². The highest BCUT2D eigenvalue weighted by Crippen LogP contribution is 2.21. The standard InChI is InChI=1S/C22H29N3O3/c1-14-11-15(2)21(16(3)12-14)24-22(27)17(4)25(5)13-20(26)23-18-7-9-19(28-6)10-8-18/h7-12,17H,13H2,1-6H3,(H,23,26)(H,24,27)/p+1/t17-/m1/s1. The number of benzene rings is 2. The number of likely N-dealkylation sites (N-methyl/N-ethyl adjacent to an activating group) is 1. The van der Waals surface area contributed by atoms with Crippen LogP contribution >= 0.6 is 0 Å². The maximum Gasteiger partial charge on any atom is 0.282 e. The molecule has 0 radical (unpaired) electrons. The van der Waals surface area contributed by atoms with E-state index < -0.39 is 0 Å². The molecule has 6 heteroatoms. The number of methoxy groups -OCH3 is 1. The fourth-order valence-electron chi connectivity index (χ4n) is 3.12. The Hall–Kier alpha value is -2.86. The minimum atomic E-state index is -0.373. The van der Waals surface area contributed by atoms with Crippen molar-refractivity contribution in [2.24, 2.45) is 0 Å². The molecule has 150 valence electrons. The van der Waals surface area contributed by atoms with Crippen molar-refractivity contribution in [1.82, 2.24) is 0 Å². The van der Waals surface area contributed by atoms with Crippen molar-refractivity contribution in [2.75, 3.05) is 31.3 Å². The summed E-state index contributed by atoms with van der Waals surface area (Å²) in [6, 6.07) is 10.9. The quantitative estimate of drug-likeness (QED) is 0.685. The van der Waals surface area contributed by atoms with E-state index in [-0.39, 0.29) is 24.4 Å². The van der Waals surface area contributed by atoms with Crippen molar-refractivity contribution in [3.63, 3.8) is 0 Å².